The van der Waals surface area contributed by atoms with E-state index in [2.05, 4.69) is 11.7 Å². The molecule has 0 spiro atoms. The fourth-order valence-electron chi connectivity index (χ4n) is 1.53. The van der Waals surface area contributed by atoms with Crippen LogP contribution in [-0.2, 0) is 6.42 Å². The van der Waals surface area contributed by atoms with Crippen molar-refractivity contribution in [3.63, 3.8) is 0 Å². The third kappa shape index (κ3) is 4.97. The lowest BCUT2D eigenvalue weighted by atomic mass is 10.1. The number of hydrogen-bond donors (Lipinski definition) is 1. The molecule has 0 bridgehead atoms. The van der Waals surface area contributed by atoms with Crippen molar-refractivity contribution in [1.29, 1.82) is 0 Å². The summed E-state index contributed by atoms with van der Waals surface area (Å²) in [5, 5.41) is 0. The van der Waals surface area contributed by atoms with Gasteiger partial charge in [0, 0.05) is 0 Å². The van der Waals surface area contributed by atoms with E-state index in [0.717, 1.165) is 31.2 Å². The van der Waals surface area contributed by atoms with E-state index >= 15 is 0 Å². The Hall–Kier alpha value is -1.39. The van der Waals surface area contributed by atoms with Gasteiger partial charge >= 0.3 is 6.36 Å². The Morgan fingerprint density at radius 1 is 1.24 bits per heavy atom. The molecule has 5 heteroatoms. The number of aryl methyl sites for hydroxylation is 1. The molecule has 0 atom stereocenters. The second-order valence-corrected chi connectivity index (χ2v) is 3.88. The van der Waals surface area contributed by atoms with E-state index in [-0.39, 0.29) is 11.4 Å². The van der Waals surface area contributed by atoms with Crippen LogP contribution < -0.4 is 10.5 Å². The quantitative estimate of drug-likeness (QED) is 0.632. The summed E-state index contributed by atoms with van der Waals surface area (Å²) in [6, 6.07) is 4.54. The van der Waals surface area contributed by atoms with Crippen molar-refractivity contribution < 1.29 is 17.9 Å². The molecule has 1 rings (SSSR count). The summed E-state index contributed by atoms with van der Waals surface area (Å²) >= 11 is 0. The highest BCUT2D eigenvalue weighted by Gasteiger charge is 2.31. The maximum atomic E-state index is 12.1. The fourth-order valence-corrected chi connectivity index (χ4v) is 1.53. The highest BCUT2D eigenvalue weighted by atomic mass is 19.4. The van der Waals surface area contributed by atoms with Crippen LogP contribution in [0.25, 0.3) is 0 Å². The molecular formula is C12H16F3NO. The molecule has 0 fully saturated rings. The van der Waals surface area contributed by atoms with Crippen LogP contribution in [0.15, 0.2) is 18.2 Å². The Kier molecular flexibility index (Phi) is 4.66. The summed E-state index contributed by atoms with van der Waals surface area (Å²) in [5.41, 5.74) is 6.24. The zero-order valence-electron chi connectivity index (χ0n) is 9.68. The highest BCUT2D eigenvalue weighted by molar-refractivity contribution is 5.54. The molecule has 2 nitrogen and oxygen atoms in total. The second kappa shape index (κ2) is 5.80. The van der Waals surface area contributed by atoms with Gasteiger partial charge in [0.25, 0.3) is 0 Å². The number of anilines is 1. The summed E-state index contributed by atoms with van der Waals surface area (Å²) in [6.45, 7) is 2.07. The van der Waals surface area contributed by atoms with E-state index in [4.69, 9.17) is 5.73 Å². The maximum Gasteiger partial charge on any atom is 0.573 e. The first-order valence-electron chi connectivity index (χ1n) is 5.56. The smallest absolute Gasteiger partial charge is 0.404 e. The van der Waals surface area contributed by atoms with Crippen molar-refractivity contribution in [1.82, 2.24) is 0 Å². The zero-order chi connectivity index (χ0) is 12.9. The zero-order valence-corrected chi connectivity index (χ0v) is 9.68. The van der Waals surface area contributed by atoms with E-state index < -0.39 is 6.36 Å². The SMILES string of the molecule is CCCCCc1ccc(N)c(OC(F)(F)F)c1. The third-order valence-corrected chi connectivity index (χ3v) is 2.37. The average molecular weight is 247 g/mol. The standard InChI is InChI=1S/C12H16F3NO/c1-2-3-4-5-9-6-7-10(16)11(8-9)17-12(13,14)15/h6-8H,2-5,16H2,1H3. The Labute approximate surface area is 98.6 Å². The average Bonchev–Trinajstić information content (AvgIpc) is 2.21. The molecule has 0 aliphatic carbocycles. The lowest BCUT2D eigenvalue weighted by Gasteiger charge is -2.12. The van der Waals surface area contributed by atoms with Crippen molar-refractivity contribution in [2.24, 2.45) is 0 Å². The Morgan fingerprint density at radius 3 is 2.53 bits per heavy atom. The minimum atomic E-state index is -4.70. The number of nitrogens with two attached hydrogens (primary N) is 1. The molecule has 2 N–H and O–H groups in total. The minimum absolute atomic E-state index is 0.00145. The number of ether oxygens (including phenoxy) is 1. The first-order valence-corrected chi connectivity index (χ1v) is 5.56. The molecule has 0 saturated heterocycles. The molecule has 0 heterocycles. The van der Waals surface area contributed by atoms with Gasteiger partial charge in [-0.25, -0.2) is 0 Å². The van der Waals surface area contributed by atoms with Crippen molar-refractivity contribution in [3.05, 3.63) is 23.8 Å². The number of hydrogen-bond acceptors (Lipinski definition) is 2. The van der Waals surface area contributed by atoms with Gasteiger partial charge < -0.3 is 10.5 Å². The minimum Gasteiger partial charge on any atom is -0.404 e. The van der Waals surface area contributed by atoms with E-state index in [1.807, 2.05) is 0 Å². The summed E-state index contributed by atoms with van der Waals surface area (Å²) < 4.78 is 40.1. The summed E-state index contributed by atoms with van der Waals surface area (Å²) in [6.07, 6.45) is -0.884. The lowest BCUT2D eigenvalue weighted by molar-refractivity contribution is -0.274. The van der Waals surface area contributed by atoms with Crippen LogP contribution >= 0.6 is 0 Å². The number of alkyl halides is 3. The van der Waals surface area contributed by atoms with Crippen LogP contribution in [0.5, 0.6) is 5.75 Å². The van der Waals surface area contributed by atoms with Gasteiger partial charge in [-0.3, -0.25) is 0 Å². The summed E-state index contributed by atoms with van der Waals surface area (Å²) in [5.74, 6) is -0.313. The van der Waals surface area contributed by atoms with Crippen molar-refractivity contribution in [2.45, 2.75) is 39.0 Å². The van der Waals surface area contributed by atoms with Gasteiger partial charge in [0.05, 0.1) is 5.69 Å². The number of halogens is 3. The van der Waals surface area contributed by atoms with E-state index in [1.54, 1.807) is 6.07 Å². The number of nitrogen functional groups attached to an aromatic ring is 1. The van der Waals surface area contributed by atoms with Gasteiger partial charge in [-0.1, -0.05) is 25.8 Å². The predicted octanol–water partition coefficient (Wildman–Crippen LogP) is 3.90. The number of rotatable bonds is 5. The van der Waals surface area contributed by atoms with E-state index in [0.29, 0.717) is 0 Å². The molecule has 0 aliphatic heterocycles. The monoisotopic (exact) mass is 247 g/mol. The van der Waals surface area contributed by atoms with Gasteiger partial charge in [-0.2, -0.15) is 0 Å². The van der Waals surface area contributed by atoms with Crippen LogP contribution in [0.1, 0.15) is 31.7 Å². The van der Waals surface area contributed by atoms with Gasteiger partial charge in [-0.05, 0) is 30.5 Å². The molecule has 0 aromatic heterocycles. The Balaban J connectivity index is 2.72. The summed E-state index contributed by atoms with van der Waals surface area (Å²) in [4.78, 5) is 0. The van der Waals surface area contributed by atoms with Crippen LogP contribution in [0.3, 0.4) is 0 Å². The first kappa shape index (κ1) is 13.7. The fraction of sp³-hybridized carbons (Fsp3) is 0.500. The number of unbranched alkanes of at least 4 members (excludes halogenated alkanes) is 2. The predicted molar refractivity (Wildman–Crippen MR) is 60.8 cm³/mol. The lowest BCUT2D eigenvalue weighted by Crippen LogP contribution is -2.18. The molecule has 0 saturated carbocycles. The van der Waals surface area contributed by atoms with Crippen LogP contribution in [0, 0.1) is 0 Å². The van der Waals surface area contributed by atoms with Gasteiger partial charge in [0.15, 0.2) is 5.75 Å². The van der Waals surface area contributed by atoms with Crippen LogP contribution in [0.2, 0.25) is 0 Å². The second-order valence-electron chi connectivity index (χ2n) is 3.88. The largest absolute Gasteiger partial charge is 0.573 e. The molecular weight excluding hydrogens is 231 g/mol. The molecule has 17 heavy (non-hydrogen) atoms. The first-order chi connectivity index (χ1) is 7.92. The van der Waals surface area contributed by atoms with E-state index in [1.165, 1.54) is 12.1 Å². The van der Waals surface area contributed by atoms with Gasteiger partial charge in [0.1, 0.15) is 0 Å². The Morgan fingerprint density at radius 2 is 1.94 bits per heavy atom. The molecule has 0 amide bonds. The molecule has 0 radical (unpaired) electrons. The normalized spacial score (nSPS) is 11.5. The van der Waals surface area contributed by atoms with Gasteiger partial charge in [0.2, 0.25) is 0 Å². The number of benzene rings is 1. The molecule has 1 aromatic rings. The molecule has 1 aromatic carbocycles. The maximum absolute atomic E-state index is 12.1. The highest BCUT2D eigenvalue weighted by Crippen LogP contribution is 2.29. The summed E-state index contributed by atoms with van der Waals surface area (Å²) in [7, 11) is 0. The molecule has 96 valence electrons. The van der Waals surface area contributed by atoms with E-state index in [9.17, 15) is 13.2 Å². The van der Waals surface area contributed by atoms with Crippen LogP contribution in [0.4, 0.5) is 18.9 Å². The van der Waals surface area contributed by atoms with Crippen molar-refractivity contribution in [2.75, 3.05) is 5.73 Å². The molecule has 0 aliphatic rings. The third-order valence-electron chi connectivity index (χ3n) is 2.37. The van der Waals surface area contributed by atoms with Gasteiger partial charge in [-0.15, -0.1) is 13.2 Å². The van der Waals surface area contributed by atoms with Crippen LogP contribution in [-0.4, -0.2) is 6.36 Å². The van der Waals surface area contributed by atoms with Crippen molar-refractivity contribution >= 4 is 5.69 Å². The Bertz CT molecular complexity index is 363. The van der Waals surface area contributed by atoms with Crippen molar-refractivity contribution in [3.8, 4) is 5.75 Å². The molecule has 0 unspecified atom stereocenters. The topological polar surface area (TPSA) is 35.2 Å².